The van der Waals surface area contributed by atoms with Crippen LogP contribution in [0.5, 0.6) is 0 Å². The number of hydrogen-bond acceptors (Lipinski definition) is 5. The average Bonchev–Trinajstić information content (AvgIpc) is 3.68. The minimum Gasteiger partial charge on any atom is -0.501 e. The van der Waals surface area contributed by atoms with E-state index in [9.17, 15) is 0 Å². The van der Waals surface area contributed by atoms with E-state index in [0.717, 1.165) is 61.0 Å². The summed E-state index contributed by atoms with van der Waals surface area (Å²) in [6.07, 6.45) is 1.79. The fourth-order valence-electron chi connectivity index (χ4n) is 5.62. The third-order valence-corrected chi connectivity index (χ3v) is 7.71. The molecule has 5 aromatic carbocycles. The zero-order valence-corrected chi connectivity index (χ0v) is 27.1. The van der Waals surface area contributed by atoms with E-state index >= 15 is 0 Å². The Bertz CT molecular complexity index is 2400. The maximum atomic E-state index is 6.36. The fraction of sp³-hybridized carbons (Fsp3) is 0.0256. The quantitative estimate of drug-likeness (QED) is 0.168. The van der Waals surface area contributed by atoms with E-state index < -0.39 is 0 Å². The number of aromatic nitrogens is 5. The van der Waals surface area contributed by atoms with Crippen LogP contribution < -0.4 is 0 Å². The third-order valence-electron chi connectivity index (χ3n) is 7.71. The van der Waals surface area contributed by atoms with Gasteiger partial charge >= 0.3 is 0 Å². The monoisotopic (exact) mass is 772 g/mol. The molecule has 223 valence electrons. The molecule has 0 aliphatic heterocycles. The second kappa shape index (κ2) is 12.5. The van der Waals surface area contributed by atoms with Crippen LogP contribution in [0.15, 0.2) is 138 Å². The van der Waals surface area contributed by atoms with Crippen LogP contribution >= 0.6 is 0 Å². The minimum atomic E-state index is 0. The number of para-hydroxylation sites is 4. The summed E-state index contributed by atoms with van der Waals surface area (Å²) in [6.45, 7) is 2.08. The molecule has 0 saturated carbocycles. The maximum absolute atomic E-state index is 6.36. The minimum absolute atomic E-state index is 0. The van der Waals surface area contributed by atoms with Crippen molar-refractivity contribution in [3.8, 4) is 28.3 Å². The van der Waals surface area contributed by atoms with Gasteiger partial charge in [0.05, 0.1) is 22.4 Å². The number of imidazole rings is 1. The van der Waals surface area contributed by atoms with Crippen LogP contribution in [0.2, 0.25) is 0 Å². The summed E-state index contributed by atoms with van der Waals surface area (Å²) >= 11 is 0. The van der Waals surface area contributed by atoms with Gasteiger partial charge in [-0.1, -0.05) is 78.5 Å². The van der Waals surface area contributed by atoms with Crippen molar-refractivity contribution < 1.29 is 24.5 Å². The Balaban J connectivity index is 0.000000220. The molecule has 0 aliphatic rings. The second-order valence-corrected chi connectivity index (χ2v) is 10.6. The number of furan rings is 1. The summed E-state index contributed by atoms with van der Waals surface area (Å²) in [5.41, 5.74) is 9.43. The molecule has 0 spiro atoms. The molecule has 0 aliphatic carbocycles. The van der Waals surface area contributed by atoms with E-state index in [2.05, 4.69) is 30.1 Å². The zero-order valence-electron chi connectivity index (χ0n) is 24.7. The topological polar surface area (TPSA) is 69.6 Å². The summed E-state index contributed by atoms with van der Waals surface area (Å²) < 4.78 is 8.40. The largest absolute Gasteiger partial charge is 0.501 e. The summed E-state index contributed by atoms with van der Waals surface area (Å²) in [7, 11) is 0. The first kappa shape index (κ1) is 29.2. The second-order valence-electron chi connectivity index (χ2n) is 10.6. The smallest absolute Gasteiger partial charge is 0.188 e. The molecule has 0 atom stereocenters. The van der Waals surface area contributed by atoms with Gasteiger partial charge < -0.3 is 14.0 Å². The predicted molar refractivity (Wildman–Crippen MR) is 179 cm³/mol. The third kappa shape index (κ3) is 5.26. The number of nitrogens with zero attached hydrogens (tertiary/aromatic N) is 5. The fourth-order valence-corrected chi connectivity index (χ4v) is 5.62. The van der Waals surface area contributed by atoms with Crippen molar-refractivity contribution in [3.05, 3.63) is 151 Å². The van der Waals surface area contributed by atoms with Gasteiger partial charge in [0.25, 0.3) is 0 Å². The molecule has 9 aromatic rings. The Hall–Kier alpha value is -5.49. The van der Waals surface area contributed by atoms with E-state index in [-0.39, 0.29) is 20.1 Å². The number of fused-ring (bicyclic) bond motifs is 5. The van der Waals surface area contributed by atoms with Crippen molar-refractivity contribution in [1.29, 1.82) is 0 Å². The summed E-state index contributed by atoms with van der Waals surface area (Å²) in [5.74, 6) is 0.704. The van der Waals surface area contributed by atoms with Crippen molar-refractivity contribution in [2.75, 3.05) is 0 Å². The number of aryl methyl sites for hydroxylation is 1. The molecule has 7 heteroatoms. The van der Waals surface area contributed by atoms with E-state index in [4.69, 9.17) is 19.4 Å². The van der Waals surface area contributed by atoms with Gasteiger partial charge in [0.1, 0.15) is 5.58 Å². The molecular formula is C39H25IrN5O-2. The summed E-state index contributed by atoms with van der Waals surface area (Å²) in [4.78, 5) is 18.9. The van der Waals surface area contributed by atoms with Gasteiger partial charge in [-0.2, -0.15) is 0 Å². The van der Waals surface area contributed by atoms with Gasteiger partial charge in [-0.3, -0.25) is 4.98 Å². The molecule has 0 amide bonds. The molecule has 4 heterocycles. The molecule has 46 heavy (non-hydrogen) atoms. The van der Waals surface area contributed by atoms with Crippen molar-refractivity contribution in [2.24, 2.45) is 0 Å². The standard InChI is InChI=1S/C28H17N4O.C11H8N.Ir/c1-17-15-16-20(25-24(17)19-11-5-8-14-23(19)33-25)27-31-26-28(32(27)18-9-3-2-4-10-18)30-22-13-7-6-12-21(22)29-26;1-2-6-10(7-3-1)11-8-4-5-9-12-11;/h2-15H,1H3;1-6,8-9H;/q2*-1;. The van der Waals surface area contributed by atoms with E-state index in [0.29, 0.717) is 17.1 Å². The van der Waals surface area contributed by atoms with Crippen molar-refractivity contribution >= 4 is 44.3 Å². The van der Waals surface area contributed by atoms with Crippen LogP contribution in [0.1, 0.15) is 5.56 Å². The van der Waals surface area contributed by atoms with Gasteiger partial charge in [0.15, 0.2) is 11.3 Å². The van der Waals surface area contributed by atoms with Gasteiger partial charge in [-0.15, -0.1) is 53.6 Å². The Morgan fingerprint density at radius 1 is 0.696 bits per heavy atom. The predicted octanol–water partition coefficient (Wildman–Crippen LogP) is 9.19. The van der Waals surface area contributed by atoms with Gasteiger partial charge in [0.2, 0.25) is 0 Å². The first-order chi connectivity index (χ1) is 22.2. The zero-order chi connectivity index (χ0) is 30.2. The Kier molecular flexibility index (Phi) is 7.93. The molecule has 4 aromatic heterocycles. The SMILES string of the molecule is Cc1c[c-]c(-c2nc3nc4ccccc4nc3n2-c2ccccc2)c2oc3ccccc3c12.[Ir].[c-]1ccccc1-c1ccccn1. The van der Waals surface area contributed by atoms with Crippen LogP contribution in [0.3, 0.4) is 0 Å². The van der Waals surface area contributed by atoms with Crippen LogP contribution in [0.25, 0.3) is 72.6 Å². The molecule has 0 N–H and O–H groups in total. The van der Waals surface area contributed by atoms with Crippen molar-refractivity contribution in [2.45, 2.75) is 6.92 Å². The molecule has 9 rings (SSSR count). The number of pyridine rings is 1. The van der Waals surface area contributed by atoms with Crippen LogP contribution in [-0.2, 0) is 20.1 Å². The van der Waals surface area contributed by atoms with Crippen LogP contribution in [-0.4, -0.2) is 24.5 Å². The molecule has 6 nitrogen and oxygen atoms in total. The van der Waals surface area contributed by atoms with E-state index in [1.165, 1.54) is 0 Å². The van der Waals surface area contributed by atoms with Crippen molar-refractivity contribution in [3.63, 3.8) is 0 Å². The first-order valence-electron chi connectivity index (χ1n) is 14.7. The molecule has 0 unspecified atom stereocenters. The summed E-state index contributed by atoms with van der Waals surface area (Å²) in [6, 6.07) is 48.3. The van der Waals surface area contributed by atoms with E-state index in [1.807, 2.05) is 126 Å². The first-order valence-corrected chi connectivity index (χ1v) is 14.7. The summed E-state index contributed by atoms with van der Waals surface area (Å²) in [5, 5.41) is 2.17. The maximum Gasteiger partial charge on any atom is 0.188 e. The molecule has 0 bridgehead atoms. The Morgan fingerprint density at radius 3 is 2.22 bits per heavy atom. The molecule has 0 fully saturated rings. The molecule has 0 saturated heterocycles. The van der Waals surface area contributed by atoms with Gasteiger partial charge in [0, 0.05) is 37.4 Å². The normalized spacial score (nSPS) is 11.0. The molecular weight excluding hydrogens is 747 g/mol. The van der Waals surface area contributed by atoms with Gasteiger partial charge in [-0.25, -0.2) is 9.97 Å². The van der Waals surface area contributed by atoms with Crippen LogP contribution in [0, 0.1) is 19.1 Å². The average molecular weight is 772 g/mol. The van der Waals surface area contributed by atoms with Crippen LogP contribution in [0.4, 0.5) is 0 Å². The Labute approximate surface area is 278 Å². The number of hydrogen-bond donors (Lipinski definition) is 0. The Morgan fingerprint density at radius 2 is 1.43 bits per heavy atom. The van der Waals surface area contributed by atoms with E-state index in [1.54, 1.807) is 6.20 Å². The van der Waals surface area contributed by atoms with Crippen molar-refractivity contribution in [1.82, 2.24) is 24.5 Å². The molecule has 1 radical (unpaired) electrons. The number of rotatable bonds is 3. The van der Waals surface area contributed by atoms with Gasteiger partial charge in [-0.05, 0) is 42.1 Å². The number of benzene rings is 5.